The lowest BCUT2D eigenvalue weighted by atomic mass is 9.95. The van der Waals surface area contributed by atoms with Crippen LogP contribution in [0.4, 0.5) is 0 Å². The van der Waals surface area contributed by atoms with Gasteiger partial charge in [-0.05, 0) is 24.5 Å². The van der Waals surface area contributed by atoms with Gasteiger partial charge in [0.1, 0.15) is 9.33 Å². The molecule has 1 aromatic carbocycles. The molecule has 1 saturated heterocycles. The van der Waals surface area contributed by atoms with E-state index in [1.54, 1.807) is 11.8 Å². The quantitative estimate of drug-likeness (QED) is 0.678. The molecule has 2 fully saturated rings. The predicted molar refractivity (Wildman–Crippen MR) is 93.7 cm³/mol. The van der Waals surface area contributed by atoms with Crippen LogP contribution >= 0.6 is 35.3 Å². The molecule has 4 rings (SSSR count). The third-order valence-corrected chi connectivity index (χ3v) is 10.2. The molecule has 0 bridgehead atoms. The van der Waals surface area contributed by atoms with Crippen molar-refractivity contribution in [3.63, 3.8) is 0 Å². The molecule has 0 radical (unpaired) electrons. The lowest BCUT2D eigenvalue weighted by Gasteiger charge is -2.40. The van der Waals surface area contributed by atoms with Crippen molar-refractivity contribution >= 4 is 35.3 Å². The van der Waals surface area contributed by atoms with Gasteiger partial charge in [-0.2, -0.15) is 10.5 Å². The molecule has 1 aromatic rings. The molecule has 0 aromatic heterocycles. The molecule has 0 amide bonds. The Morgan fingerprint density at radius 1 is 1.00 bits per heavy atom. The summed E-state index contributed by atoms with van der Waals surface area (Å²) in [4.78, 5) is 1.19. The van der Waals surface area contributed by atoms with E-state index in [1.165, 1.54) is 36.1 Å². The Morgan fingerprint density at radius 3 is 2.32 bits per heavy atom. The van der Waals surface area contributed by atoms with E-state index in [2.05, 4.69) is 30.3 Å². The van der Waals surface area contributed by atoms with Gasteiger partial charge in [-0.3, -0.25) is 0 Å². The Kier molecular flexibility index (Phi) is 3.85. The number of nitriles is 2. The molecule has 5 heteroatoms. The normalized spacial score (nSPS) is 39.5. The average molecular weight is 345 g/mol. The maximum atomic E-state index is 9.84. The minimum absolute atomic E-state index is 0.238. The largest absolute Gasteiger partial charge is 0.198 e. The van der Waals surface area contributed by atoms with Crippen molar-refractivity contribution in [2.45, 2.75) is 50.4 Å². The zero-order valence-corrected chi connectivity index (χ0v) is 14.5. The lowest BCUT2D eigenvalue weighted by molar-refractivity contribution is 0.532. The van der Waals surface area contributed by atoms with Crippen LogP contribution in [0.1, 0.15) is 31.2 Å². The summed E-state index contributed by atoms with van der Waals surface area (Å²) in [6.45, 7) is 0. The van der Waals surface area contributed by atoms with Crippen molar-refractivity contribution in [2.75, 3.05) is 0 Å². The van der Waals surface area contributed by atoms with Crippen LogP contribution in [0, 0.1) is 28.6 Å². The standard InChI is InChI=1S/C17H16N2S3/c18-9-12-16(10-19)20-13-6-2-1-5-11(13)17(12)21-14-7-3-4-8-15(14)22-17/h1-2,5-6,12,14-16H,3-4,7-8H2/t12-,14?,15?,16-,17?/m0/s1. The highest BCUT2D eigenvalue weighted by Crippen LogP contribution is 2.69. The number of rotatable bonds is 0. The molecule has 22 heavy (non-hydrogen) atoms. The minimum Gasteiger partial charge on any atom is -0.198 e. The van der Waals surface area contributed by atoms with Crippen LogP contribution in [0.25, 0.3) is 0 Å². The molecule has 0 N–H and O–H groups in total. The van der Waals surface area contributed by atoms with Gasteiger partial charge < -0.3 is 0 Å². The first kappa shape index (κ1) is 14.8. The van der Waals surface area contributed by atoms with E-state index >= 15 is 0 Å². The summed E-state index contributed by atoms with van der Waals surface area (Å²) in [5, 5.41) is 20.4. The predicted octanol–water partition coefficient (Wildman–Crippen LogP) is 4.77. The zero-order valence-electron chi connectivity index (χ0n) is 12.1. The van der Waals surface area contributed by atoms with Crippen molar-refractivity contribution in [1.82, 2.24) is 0 Å². The Hall–Kier alpha value is -0.750. The second-order valence-corrected chi connectivity index (χ2v) is 10.4. The summed E-state index contributed by atoms with van der Waals surface area (Å²) in [6.07, 6.45) is 5.13. The van der Waals surface area contributed by atoms with Gasteiger partial charge >= 0.3 is 0 Å². The molecule has 2 heterocycles. The van der Waals surface area contributed by atoms with Gasteiger partial charge in [0.25, 0.3) is 0 Å². The van der Waals surface area contributed by atoms with Crippen molar-refractivity contribution in [1.29, 1.82) is 10.5 Å². The number of benzene rings is 1. The van der Waals surface area contributed by atoms with Crippen molar-refractivity contribution in [3.8, 4) is 12.1 Å². The van der Waals surface area contributed by atoms with E-state index in [0.717, 1.165) is 0 Å². The van der Waals surface area contributed by atoms with Crippen LogP contribution in [0.15, 0.2) is 29.2 Å². The Morgan fingerprint density at radius 2 is 1.68 bits per heavy atom. The fraction of sp³-hybridized carbons (Fsp3) is 0.529. The molecule has 3 aliphatic rings. The number of thioether (sulfide) groups is 3. The highest BCUT2D eigenvalue weighted by atomic mass is 32.2. The monoisotopic (exact) mass is 344 g/mol. The van der Waals surface area contributed by atoms with Gasteiger partial charge in [0.15, 0.2) is 0 Å². The van der Waals surface area contributed by atoms with Crippen LogP contribution in [0.2, 0.25) is 0 Å². The fourth-order valence-corrected chi connectivity index (χ4v) is 9.93. The lowest BCUT2D eigenvalue weighted by Crippen LogP contribution is -2.37. The Labute approximate surface area is 144 Å². The first-order valence-electron chi connectivity index (χ1n) is 7.69. The van der Waals surface area contributed by atoms with Gasteiger partial charge in [0, 0.05) is 15.4 Å². The van der Waals surface area contributed by atoms with E-state index in [0.29, 0.717) is 10.5 Å². The smallest absolute Gasteiger partial charge is 0.115 e. The van der Waals surface area contributed by atoms with Crippen molar-refractivity contribution in [2.24, 2.45) is 5.92 Å². The number of fused-ring (bicyclic) bond motifs is 3. The van der Waals surface area contributed by atoms with Crippen LogP contribution in [0.3, 0.4) is 0 Å². The molecule has 1 spiro atoms. The minimum atomic E-state index is -0.264. The average Bonchev–Trinajstić information content (AvgIpc) is 2.94. The first-order chi connectivity index (χ1) is 10.8. The molecule has 2 nitrogen and oxygen atoms in total. The summed E-state index contributed by atoms with van der Waals surface area (Å²) in [7, 11) is 0. The van der Waals surface area contributed by atoms with Crippen molar-refractivity contribution < 1.29 is 0 Å². The second kappa shape index (κ2) is 5.71. The van der Waals surface area contributed by atoms with Gasteiger partial charge in [-0.25, -0.2) is 0 Å². The van der Waals surface area contributed by atoms with Gasteiger partial charge in [-0.15, -0.1) is 35.3 Å². The third-order valence-electron chi connectivity index (χ3n) is 4.79. The van der Waals surface area contributed by atoms with E-state index in [1.807, 2.05) is 29.6 Å². The SMILES string of the molecule is N#C[C@@H]1Sc2ccccc2C2(SC3CCCCC3S2)[C@H]1C#N. The van der Waals surface area contributed by atoms with Gasteiger partial charge in [-0.1, -0.05) is 31.0 Å². The number of hydrogen-bond donors (Lipinski definition) is 0. The molecule has 2 aliphatic heterocycles. The molecule has 1 saturated carbocycles. The summed E-state index contributed by atoms with van der Waals surface area (Å²) in [5.74, 6) is -0.238. The van der Waals surface area contributed by atoms with Crippen LogP contribution in [-0.2, 0) is 4.08 Å². The molecule has 4 atom stereocenters. The molecule has 1 aliphatic carbocycles. The zero-order chi connectivity index (χ0) is 15.2. The number of nitrogens with zero attached hydrogens (tertiary/aromatic N) is 2. The summed E-state index contributed by atoms with van der Waals surface area (Å²) in [6, 6.07) is 13.3. The highest BCUT2D eigenvalue weighted by molar-refractivity contribution is 8.21. The van der Waals surface area contributed by atoms with Crippen LogP contribution in [0.5, 0.6) is 0 Å². The Balaban J connectivity index is 1.84. The van der Waals surface area contributed by atoms with E-state index in [-0.39, 0.29) is 15.2 Å². The summed E-state index contributed by atoms with van der Waals surface area (Å²) < 4.78 is -0.239. The maximum Gasteiger partial charge on any atom is 0.115 e. The molecule has 112 valence electrons. The number of hydrogen-bond acceptors (Lipinski definition) is 5. The maximum absolute atomic E-state index is 9.84. The second-order valence-electron chi connectivity index (χ2n) is 6.04. The summed E-state index contributed by atoms with van der Waals surface area (Å²) in [5.41, 5.74) is 1.28. The molecular weight excluding hydrogens is 328 g/mol. The first-order valence-corrected chi connectivity index (χ1v) is 10.3. The van der Waals surface area contributed by atoms with E-state index < -0.39 is 0 Å². The van der Waals surface area contributed by atoms with Crippen LogP contribution in [-0.4, -0.2) is 15.7 Å². The summed E-state index contributed by atoms with van der Waals surface area (Å²) >= 11 is 5.55. The van der Waals surface area contributed by atoms with E-state index in [4.69, 9.17) is 0 Å². The topological polar surface area (TPSA) is 47.6 Å². The molecular formula is C17H16N2S3. The van der Waals surface area contributed by atoms with E-state index in [9.17, 15) is 10.5 Å². The van der Waals surface area contributed by atoms with Gasteiger partial charge in [0.2, 0.25) is 0 Å². The highest BCUT2D eigenvalue weighted by Gasteiger charge is 2.58. The molecule has 2 unspecified atom stereocenters. The fourth-order valence-electron chi connectivity index (χ4n) is 3.77. The third kappa shape index (κ3) is 2.10. The Bertz CT molecular complexity index is 661. The van der Waals surface area contributed by atoms with Crippen molar-refractivity contribution in [3.05, 3.63) is 29.8 Å². The van der Waals surface area contributed by atoms with Crippen LogP contribution < -0.4 is 0 Å². The van der Waals surface area contributed by atoms with Gasteiger partial charge in [0.05, 0.1) is 18.1 Å².